The van der Waals surface area contributed by atoms with Crippen molar-refractivity contribution in [1.29, 1.82) is 0 Å². The Labute approximate surface area is 293 Å². The van der Waals surface area contributed by atoms with Gasteiger partial charge < -0.3 is 33.7 Å². The van der Waals surface area contributed by atoms with E-state index in [-0.39, 0.29) is 51.0 Å². The van der Waals surface area contributed by atoms with Gasteiger partial charge in [0.15, 0.2) is 0 Å². The Morgan fingerprint density at radius 1 is 0.581 bits per heavy atom. The molecule has 0 bridgehead atoms. The van der Waals surface area contributed by atoms with E-state index in [9.17, 15) is 0 Å². The van der Waals surface area contributed by atoms with Gasteiger partial charge in [0.05, 0.1) is 0 Å². The molecule has 230 valence electrons. The summed E-state index contributed by atoms with van der Waals surface area (Å²) in [7, 11) is -3.72. The van der Waals surface area contributed by atoms with E-state index in [1.165, 1.54) is 96.9 Å². The largest absolute Gasteiger partial charge is 4.00 e. The summed E-state index contributed by atoms with van der Waals surface area (Å²) in [6.07, 6.45) is 15.6. The molecule has 0 aliphatic heterocycles. The molecule has 43 heavy (non-hydrogen) atoms. The second kappa shape index (κ2) is 15.6. The van der Waals surface area contributed by atoms with Gasteiger partial charge >= 0.3 is 26.2 Å². The average Bonchev–Trinajstić information content (AvgIpc) is 3.48. The summed E-state index contributed by atoms with van der Waals surface area (Å²) in [5.74, 6) is 2.30. The summed E-state index contributed by atoms with van der Waals surface area (Å²) in [6.45, 7) is 9.83. The fraction of sp³-hybridized carbons (Fsp3) is 0.500. The minimum atomic E-state index is -1.86. The van der Waals surface area contributed by atoms with Crippen LogP contribution in [0.3, 0.4) is 0 Å². The molecule has 0 radical (unpaired) electrons. The molecule has 0 aromatic heterocycles. The van der Waals surface area contributed by atoms with Gasteiger partial charge in [-0.15, -0.1) is 81.2 Å². The van der Waals surface area contributed by atoms with Gasteiger partial charge in [0, 0.05) is 11.5 Å². The predicted molar refractivity (Wildman–Crippen MR) is 176 cm³/mol. The van der Waals surface area contributed by atoms with Gasteiger partial charge in [-0.2, -0.15) is 0 Å². The van der Waals surface area contributed by atoms with Crippen LogP contribution in [-0.4, -0.2) is 16.6 Å². The van der Waals surface area contributed by atoms with Crippen LogP contribution in [0.25, 0.3) is 21.5 Å². The third kappa shape index (κ3) is 8.12. The van der Waals surface area contributed by atoms with Gasteiger partial charge in [-0.3, -0.25) is 0 Å². The van der Waals surface area contributed by atoms with E-state index in [1.807, 2.05) is 0 Å². The normalized spacial score (nSPS) is 16.7. The first kappa shape index (κ1) is 36.6. The molecule has 0 spiro atoms. The zero-order valence-electron chi connectivity index (χ0n) is 26.5. The molecular formula is C36H48Cl2O2Si2Zr. The summed E-state index contributed by atoms with van der Waals surface area (Å²) >= 11 is 0. The topological polar surface area (TPSA) is 18.5 Å². The van der Waals surface area contributed by atoms with E-state index < -0.39 is 16.6 Å². The SMILES string of the molecule is C[Si](C)(Oc1[cH-]c2ccccc2c1CCc1c(O[Si](C)(C)C2CCCCC2)[cH-]c2ccccc12)C1CCCCC1.[Cl-].[Cl-].[Zr+4]. The van der Waals surface area contributed by atoms with Crippen LogP contribution in [0.5, 0.6) is 11.5 Å². The maximum atomic E-state index is 7.12. The fourth-order valence-electron chi connectivity index (χ4n) is 7.79. The second-order valence-corrected chi connectivity index (χ2v) is 22.2. The van der Waals surface area contributed by atoms with E-state index in [0.29, 0.717) is 0 Å². The first-order chi connectivity index (χ1) is 19.3. The van der Waals surface area contributed by atoms with E-state index in [2.05, 4.69) is 86.9 Å². The molecule has 0 saturated heterocycles. The fourth-order valence-corrected chi connectivity index (χ4v) is 13.2. The zero-order chi connectivity index (χ0) is 27.7. The minimum Gasteiger partial charge on any atom is -1.00 e. The van der Waals surface area contributed by atoms with Crippen LogP contribution in [0.4, 0.5) is 0 Å². The van der Waals surface area contributed by atoms with Crippen LogP contribution >= 0.6 is 0 Å². The second-order valence-electron chi connectivity index (χ2n) is 13.7. The van der Waals surface area contributed by atoms with Crippen molar-refractivity contribution in [2.75, 3.05) is 0 Å². The third-order valence-corrected chi connectivity index (χ3v) is 16.9. The molecule has 4 aromatic carbocycles. The van der Waals surface area contributed by atoms with Crippen LogP contribution in [0.2, 0.25) is 37.3 Å². The molecule has 2 fully saturated rings. The predicted octanol–water partition coefficient (Wildman–Crippen LogP) is 5.06. The molecule has 2 nitrogen and oxygen atoms in total. The van der Waals surface area contributed by atoms with Gasteiger partial charge in [-0.05, 0) is 63.0 Å². The van der Waals surface area contributed by atoms with Crippen molar-refractivity contribution in [1.82, 2.24) is 0 Å². The molecule has 7 heteroatoms. The number of aryl methyl sites for hydroxylation is 2. The molecule has 0 amide bonds. The van der Waals surface area contributed by atoms with Gasteiger partial charge in [0.1, 0.15) is 0 Å². The van der Waals surface area contributed by atoms with Crippen molar-refractivity contribution < 1.29 is 59.9 Å². The average molecular weight is 731 g/mol. The molecule has 0 heterocycles. The third-order valence-electron chi connectivity index (χ3n) is 10.3. The van der Waals surface area contributed by atoms with Crippen molar-refractivity contribution in [3.63, 3.8) is 0 Å². The molecule has 2 aliphatic rings. The molecule has 4 aromatic rings. The maximum absolute atomic E-state index is 7.12. The minimum absolute atomic E-state index is 0. The first-order valence-electron chi connectivity index (χ1n) is 16.0. The summed E-state index contributed by atoms with van der Waals surface area (Å²) in [5.41, 5.74) is 4.32. The van der Waals surface area contributed by atoms with E-state index in [1.54, 1.807) is 0 Å². The summed E-state index contributed by atoms with van der Waals surface area (Å²) in [6, 6.07) is 22.5. The number of halogens is 2. The summed E-state index contributed by atoms with van der Waals surface area (Å²) < 4.78 is 14.2. The van der Waals surface area contributed by atoms with Crippen molar-refractivity contribution >= 4 is 38.2 Å². The monoisotopic (exact) mass is 728 g/mol. The Balaban J connectivity index is 0.00000169. The Bertz CT molecular complexity index is 1340. The van der Waals surface area contributed by atoms with Gasteiger partial charge in [-0.25, -0.2) is 0 Å². The van der Waals surface area contributed by atoms with Crippen molar-refractivity contribution in [2.45, 2.75) is 114 Å². The van der Waals surface area contributed by atoms with Gasteiger partial charge in [0.25, 0.3) is 0 Å². The van der Waals surface area contributed by atoms with Crippen LogP contribution in [0, 0.1) is 0 Å². The Kier molecular flexibility index (Phi) is 13.3. The van der Waals surface area contributed by atoms with Crippen molar-refractivity contribution in [3.8, 4) is 11.5 Å². The van der Waals surface area contributed by atoms with Crippen molar-refractivity contribution in [3.05, 3.63) is 71.8 Å². The zero-order valence-corrected chi connectivity index (χ0v) is 32.5. The summed E-state index contributed by atoms with van der Waals surface area (Å²) in [4.78, 5) is 0. The van der Waals surface area contributed by atoms with E-state index >= 15 is 0 Å². The number of rotatable bonds is 9. The Morgan fingerprint density at radius 2 is 0.930 bits per heavy atom. The molecule has 6 rings (SSSR count). The number of fused-ring (bicyclic) bond motifs is 2. The molecule has 0 atom stereocenters. The Morgan fingerprint density at radius 3 is 1.30 bits per heavy atom. The molecular weight excluding hydrogens is 683 g/mol. The number of hydrogen-bond acceptors (Lipinski definition) is 2. The van der Waals surface area contributed by atoms with Crippen LogP contribution in [0.1, 0.15) is 75.3 Å². The van der Waals surface area contributed by atoms with E-state index in [4.69, 9.17) is 8.85 Å². The van der Waals surface area contributed by atoms with Crippen LogP contribution in [-0.2, 0) is 39.0 Å². The van der Waals surface area contributed by atoms with Gasteiger partial charge in [0.2, 0.25) is 16.6 Å². The molecule has 0 N–H and O–H groups in total. The number of hydrogen-bond donors (Lipinski definition) is 0. The van der Waals surface area contributed by atoms with E-state index in [0.717, 1.165) is 35.4 Å². The quantitative estimate of drug-likeness (QED) is 0.177. The molecule has 2 saturated carbocycles. The van der Waals surface area contributed by atoms with Crippen molar-refractivity contribution in [2.24, 2.45) is 0 Å². The number of benzene rings is 2. The smallest absolute Gasteiger partial charge is 1.00 e. The first-order valence-corrected chi connectivity index (χ1v) is 22.0. The van der Waals surface area contributed by atoms with Gasteiger partial charge in [-0.1, -0.05) is 63.5 Å². The summed E-state index contributed by atoms with van der Waals surface area (Å²) in [5, 5.41) is 5.36. The molecule has 2 aliphatic carbocycles. The van der Waals surface area contributed by atoms with Crippen LogP contribution in [0.15, 0.2) is 60.7 Å². The Hall–Kier alpha value is -0.843. The van der Waals surface area contributed by atoms with Crippen LogP contribution < -0.4 is 33.7 Å². The maximum Gasteiger partial charge on any atom is 4.00 e. The molecule has 0 unspecified atom stereocenters. The standard InChI is InChI=1S/C36H48O2Si2.2ClH.Zr/c1-39(2,29-17-7-5-8-18-29)37-35-25-27-15-11-13-21-31(27)33(35)23-24-34-32-22-14-12-16-28(32)26-36(34)38-40(3,4)30-19-9-6-10-20-30;;;/h11-16,21-22,25-26,29-30H,5-10,17-20,23-24H2,1-4H3;2*1H;/q-2;;;+4/p-2.